The topological polar surface area (TPSA) is 214 Å². The van der Waals surface area contributed by atoms with Crippen molar-refractivity contribution in [2.45, 2.75) is 70.3 Å². The number of aliphatic hydroxyl groups is 1. The number of hydrogen-bond acceptors (Lipinski definition) is 7. The molecule has 0 fully saturated rings. The first kappa shape index (κ1) is 29.5. The van der Waals surface area contributed by atoms with Gasteiger partial charge < -0.3 is 37.6 Å². The third kappa shape index (κ3) is 9.71. The van der Waals surface area contributed by atoms with Crippen LogP contribution in [0.4, 0.5) is 0 Å². The number of carboxylic acid groups (broad SMARTS) is 1. The predicted molar refractivity (Wildman–Crippen MR) is 126 cm³/mol. The molecule has 12 heteroatoms. The van der Waals surface area contributed by atoms with Gasteiger partial charge >= 0.3 is 5.97 Å². The first-order chi connectivity index (χ1) is 16.4. The molecule has 4 amide bonds. The molecule has 12 nitrogen and oxygen atoms in total. The molecular weight excluding hydrogens is 458 g/mol. The lowest BCUT2D eigenvalue weighted by atomic mass is 9.96. The highest BCUT2D eigenvalue weighted by molar-refractivity contribution is 5.95. The van der Waals surface area contributed by atoms with Gasteiger partial charge in [-0.15, -0.1) is 0 Å². The Balaban J connectivity index is 3.00. The Bertz CT molecular complexity index is 894. The minimum absolute atomic E-state index is 0.0349. The van der Waals surface area contributed by atoms with Crippen LogP contribution in [0.15, 0.2) is 30.3 Å². The molecule has 0 saturated heterocycles. The summed E-state index contributed by atoms with van der Waals surface area (Å²) in [6, 6.07) is 3.53. The van der Waals surface area contributed by atoms with Crippen molar-refractivity contribution in [3.05, 3.63) is 35.9 Å². The van der Waals surface area contributed by atoms with E-state index in [-0.39, 0.29) is 6.42 Å². The van der Waals surface area contributed by atoms with Gasteiger partial charge in [0, 0.05) is 6.42 Å². The molecule has 1 rings (SSSR count). The fourth-order valence-electron chi connectivity index (χ4n) is 3.23. The molecule has 0 aliphatic carbocycles. The van der Waals surface area contributed by atoms with E-state index < -0.39 is 72.2 Å². The van der Waals surface area contributed by atoms with Crippen LogP contribution in [0.1, 0.15) is 39.2 Å². The molecule has 6 atom stereocenters. The Morgan fingerprint density at radius 3 is 1.94 bits per heavy atom. The Labute approximate surface area is 203 Å². The van der Waals surface area contributed by atoms with Crippen LogP contribution in [0.25, 0.3) is 0 Å². The number of rotatable bonds is 14. The first-order valence-electron chi connectivity index (χ1n) is 11.3. The summed E-state index contributed by atoms with van der Waals surface area (Å²) in [6.07, 6.45) is -1.34. The molecule has 0 saturated carbocycles. The highest BCUT2D eigenvalue weighted by Crippen LogP contribution is 2.11. The maximum Gasteiger partial charge on any atom is 0.326 e. The van der Waals surface area contributed by atoms with E-state index in [1.165, 1.54) is 6.92 Å². The van der Waals surface area contributed by atoms with Crippen LogP contribution in [0.3, 0.4) is 0 Å². The minimum atomic E-state index is -1.49. The molecule has 0 aliphatic heterocycles. The number of nitrogens with two attached hydrogens (primary N) is 2. The summed E-state index contributed by atoms with van der Waals surface area (Å²) in [7, 11) is 0. The van der Waals surface area contributed by atoms with Gasteiger partial charge in [0.2, 0.25) is 23.6 Å². The standard InChI is InChI=1S/C23H35N5O7/c1-4-12(2)18(21(32)26-16(23(34)35)10-14-8-6-5-7-9-14)27-22(33)19(13(3)29)28-20(31)15(24)11-17(25)30/h5-9,12-13,15-16,18-19,29H,4,10-11,24H2,1-3H3,(H2,25,30)(H,26,32)(H,27,33)(H,28,31)(H,34,35). The summed E-state index contributed by atoms with van der Waals surface area (Å²) < 4.78 is 0. The van der Waals surface area contributed by atoms with E-state index in [0.717, 1.165) is 0 Å². The van der Waals surface area contributed by atoms with E-state index in [9.17, 15) is 34.2 Å². The Kier molecular flexibility index (Phi) is 11.8. The van der Waals surface area contributed by atoms with E-state index in [0.29, 0.717) is 12.0 Å². The van der Waals surface area contributed by atoms with Crippen LogP contribution in [0.5, 0.6) is 0 Å². The maximum absolute atomic E-state index is 13.0. The van der Waals surface area contributed by atoms with Crippen molar-refractivity contribution in [3.63, 3.8) is 0 Å². The fourth-order valence-corrected chi connectivity index (χ4v) is 3.23. The lowest BCUT2D eigenvalue weighted by molar-refractivity contribution is -0.142. The average molecular weight is 494 g/mol. The lowest BCUT2D eigenvalue weighted by Crippen LogP contribution is -2.61. The van der Waals surface area contributed by atoms with E-state index in [1.54, 1.807) is 44.2 Å². The van der Waals surface area contributed by atoms with Gasteiger partial charge in [-0.1, -0.05) is 50.6 Å². The monoisotopic (exact) mass is 493 g/mol. The van der Waals surface area contributed by atoms with Crippen molar-refractivity contribution in [1.82, 2.24) is 16.0 Å². The zero-order valence-corrected chi connectivity index (χ0v) is 20.1. The van der Waals surface area contributed by atoms with Gasteiger partial charge in [0.1, 0.15) is 18.1 Å². The molecule has 6 unspecified atom stereocenters. The Morgan fingerprint density at radius 1 is 0.914 bits per heavy atom. The van der Waals surface area contributed by atoms with E-state index in [4.69, 9.17) is 11.5 Å². The van der Waals surface area contributed by atoms with Gasteiger partial charge in [-0.2, -0.15) is 0 Å². The zero-order chi connectivity index (χ0) is 26.7. The number of aliphatic hydroxyl groups excluding tert-OH is 1. The number of nitrogens with one attached hydrogen (secondary N) is 3. The molecule has 9 N–H and O–H groups in total. The molecule has 194 valence electrons. The summed E-state index contributed by atoms with van der Waals surface area (Å²) >= 11 is 0. The molecule has 0 spiro atoms. The molecule has 35 heavy (non-hydrogen) atoms. The van der Waals surface area contributed by atoms with E-state index in [1.807, 2.05) is 0 Å². The molecule has 0 aliphatic rings. The largest absolute Gasteiger partial charge is 0.480 e. The highest BCUT2D eigenvalue weighted by Gasteiger charge is 2.34. The number of benzene rings is 1. The van der Waals surface area contributed by atoms with Gasteiger partial charge in [0.05, 0.1) is 18.6 Å². The van der Waals surface area contributed by atoms with Crippen LogP contribution in [-0.2, 0) is 30.4 Å². The maximum atomic E-state index is 13.0. The summed E-state index contributed by atoms with van der Waals surface area (Å²) in [5, 5.41) is 26.8. The zero-order valence-electron chi connectivity index (χ0n) is 20.1. The second-order valence-corrected chi connectivity index (χ2v) is 8.46. The number of amides is 4. The number of aliphatic carboxylic acids is 1. The van der Waals surface area contributed by atoms with Crippen molar-refractivity contribution < 1.29 is 34.2 Å². The predicted octanol–water partition coefficient (Wildman–Crippen LogP) is -1.60. The lowest BCUT2D eigenvalue weighted by Gasteiger charge is -2.29. The first-order valence-corrected chi connectivity index (χ1v) is 11.3. The van der Waals surface area contributed by atoms with Crippen molar-refractivity contribution in [3.8, 4) is 0 Å². The Morgan fingerprint density at radius 2 is 1.46 bits per heavy atom. The van der Waals surface area contributed by atoms with Crippen LogP contribution < -0.4 is 27.4 Å². The van der Waals surface area contributed by atoms with Crippen LogP contribution >= 0.6 is 0 Å². The number of primary amides is 1. The second-order valence-electron chi connectivity index (χ2n) is 8.46. The van der Waals surface area contributed by atoms with Crippen LogP contribution in [-0.4, -0.2) is 70.1 Å². The number of hydrogen-bond donors (Lipinski definition) is 7. The average Bonchev–Trinajstić information content (AvgIpc) is 2.79. The van der Waals surface area contributed by atoms with Gasteiger partial charge in [0.15, 0.2) is 0 Å². The second kappa shape index (κ2) is 14.0. The van der Waals surface area contributed by atoms with Gasteiger partial charge in [0.25, 0.3) is 0 Å². The Hall–Kier alpha value is -3.51. The van der Waals surface area contributed by atoms with Gasteiger partial charge in [-0.3, -0.25) is 19.2 Å². The van der Waals surface area contributed by atoms with Gasteiger partial charge in [-0.05, 0) is 18.4 Å². The summed E-state index contributed by atoms with van der Waals surface area (Å²) in [5.74, 6) is -4.96. The molecule has 1 aromatic carbocycles. The normalized spacial score (nSPS) is 16.0. The number of carbonyl (C=O) groups excluding carboxylic acids is 4. The van der Waals surface area contributed by atoms with Crippen LogP contribution in [0, 0.1) is 5.92 Å². The SMILES string of the molecule is CCC(C)C(NC(=O)C(NC(=O)C(N)CC(N)=O)C(C)O)C(=O)NC(Cc1ccccc1)C(=O)O. The number of carboxylic acids is 1. The smallest absolute Gasteiger partial charge is 0.326 e. The number of carbonyl (C=O) groups is 5. The summed E-state index contributed by atoms with van der Waals surface area (Å²) in [6.45, 7) is 4.73. The van der Waals surface area contributed by atoms with Crippen LogP contribution in [0.2, 0.25) is 0 Å². The van der Waals surface area contributed by atoms with E-state index >= 15 is 0 Å². The van der Waals surface area contributed by atoms with E-state index in [2.05, 4.69) is 16.0 Å². The van der Waals surface area contributed by atoms with Gasteiger partial charge in [-0.25, -0.2) is 4.79 Å². The third-order valence-electron chi connectivity index (χ3n) is 5.51. The molecule has 0 radical (unpaired) electrons. The minimum Gasteiger partial charge on any atom is -0.480 e. The van der Waals surface area contributed by atoms with Crippen molar-refractivity contribution in [2.75, 3.05) is 0 Å². The molecule has 0 bridgehead atoms. The van der Waals surface area contributed by atoms with Crippen molar-refractivity contribution in [1.29, 1.82) is 0 Å². The summed E-state index contributed by atoms with van der Waals surface area (Å²) in [4.78, 5) is 60.9. The quantitative estimate of drug-likeness (QED) is 0.160. The molecule has 0 heterocycles. The molecular formula is C23H35N5O7. The summed E-state index contributed by atoms with van der Waals surface area (Å²) in [5.41, 5.74) is 11.3. The third-order valence-corrected chi connectivity index (χ3v) is 5.51. The molecule has 1 aromatic rings. The van der Waals surface area contributed by atoms with Crippen molar-refractivity contribution in [2.24, 2.45) is 17.4 Å². The van der Waals surface area contributed by atoms with Crippen molar-refractivity contribution >= 4 is 29.6 Å². The fraction of sp³-hybridized carbons (Fsp3) is 0.522. The highest BCUT2D eigenvalue weighted by atomic mass is 16.4. The molecule has 0 aromatic heterocycles.